The molecule has 0 fully saturated rings. The van der Waals surface area contributed by atoms with Gasteiger partial charge in [0.25, 0.3) is 0 Å². The second kappa shape index (κ2) is 5.15. The van der Waals surface area contributed by atoms with E-state index in [9.17, 15) is 14.4 Å². The second-order valence-corrected chi connectivity index (χ2v) is 1.64. The Balaban J connectivity index is 3.16. The number of aldehydes is 2. The van der Waals surface area contributed by atoms with Crippen molar-refractivity contribution < 1.29 is 14.4 Å². The van der Waals surface area contributed by atoms with Crippen LogP contribution in [0, 0.1) is 0 Å². The average Bonchev–Trinajstić information content (AvgIpc) is 1.89. The van der Waals surface area contributed by atoms with Crippen molar-refractivity contribution in [3.8, 4) is 0 Å². The SMILES string of the molecule is O=CCCCC(=O)C=O. The van der Waals surface area contributed by atoms with Crippen LogP contribution in [0.25, 0.3) is 0 Å². The standard InChI is InChI=1S/C6H8O3/c7-4-2-1-3-6(9)5-8/h4-5H,1-3H2. The van der Waals surface area contributed by atoms with E-state index < -0.39 is 5.78 Å². The molecule has 3 nitrogen and oxygen atoms in total. The molecule has 0 saturated heterocycles. The largest absolute Gasteiger partial charge is 0.303 e. The third-order valence-electron chi connectivity index (χ3n) is 0.877. The fraction of sp³-hybridized carbons (Fsp3) is 0.500. The topological polar surface area (TPSA) is 51.2 Å². The summed E-state index contributed by atoms with van der Waals surface area (Å²) >= 11 is 0. The molecule has 0 atom stereocenters. The quantitative estimate of drug-likeness (QED) is 0.300. The number of rotatable bonds is 5. The van der Waals surface area contributed by atoms with Gasteiger partial charge in [0.15, 0.2) is 12.1 Å². The van der Waals surface area contributed by atoms with E-state index in [0.29, 0.717) is 12.8 Å². The van der Waals surface area contributed by atoms with E-state index in [0.717, 1.165) is 6.29 Å². The molecule has 0 aliphatic heterocycles. The van der Waals surface area contributed by atoms with Gasteiger partial charge in [-0.05, 0) is 6.42 Å². The van der Waals surface area contributed by atoms with Gasteiger partial charge < -0.3 is 4.79 Å². The lowest BCUT2D eigenvalue weighted by atomic mass is 10.2. The first-order valence-corrected chi connectivity index (χ1v) is 2.73. The van der Waals surface area contributed by atoms with Gasteiger partial charge in [-0.25, -0.2) is 0 Å². The van der Waals surface area contributed by atoms with Crippen LogP contribution < -0.4 is 0 Å². The number of carbonyl (C=O) groups is 3. The van der Waals surface area contributed by atoms with Crippen molar-refractivity contribution in [2.75, 3.05) is 0 Å². The summed E-state index contributed by atoms with van der Waals surface area (Å²) < 4.78 is 0. The van der Waals surface area contributed by atoms with E-state index in [-0.39, 0.29) is 12.7 Å². The van der Waals surface area contributed by atoms with E-state index in [1.165, 1.54) is 0 Å². The van der Waals surface area contributed by atoms with Crippen molar-refractivity contribution in [1.82, 2.24) is 0 Å². The van der Waals surface area contributed by atoms with E-state index in [4.69, 9.17) is 0 Å². The van der Waals surface area contributed by atoms with E-state index in [1.54, 1.807) is 0 Å². The first kappa shape index (κ1) is 8.01. The molecule has 0 saturated carbocycles. The predicted molar refractivity (Wildman–Crippen MR) is 31.0 cm³/mol. The molecular weight excluding hydrogens is 120 g/mol. The lowest BCUT2D eigenvalue weighted by Crippen LogP contribution is -1.97. The predicted octanol–water partition coefficient (Wildman–Crippen LogP) is 0.124. The molecule has 0 N–H and O–H groups in total. The Kier molecular flexibility index (Phi) is 4.59. The van der Waals surface area contributed by atoms with Gasteiger partial charge in [-0.1, -0.05) is 0 Å². The number of hydrogen-bond donors (Lipinski definition) is 0. The van der Waals surface area contributed by atoms with Crippen LogP contribution in [-0.4, -0.2) is 18.4 Å². The molecule has 0 aromatic carbocycles. The molecule has 0 radical (unpaired) electrons. The molecule has 0 spiro atoms. The van der Waals surface area contributed by atoms with Gasteiger partial charge in [-0.3, -0.25) is 9.59 Å². The van der Waals surface area contributed by atoms with Crippen LogP contribution in [0.1, 0.15) is 19.3 Å². The summed E-state index contributed by atoms with van der Waals surface area (Å²) in [6, 6.07) is 0. The zero-order valence-electron chi connectivity index (χ0n) is 5.00. The van der Waals surface area contributed by atoms with Gasteiger partial charge in [0.2, 0.25) is 0 Å². The minimum absolute atomic E-state index is 0.197. The number of ketones is 1. The highest BCUT2D eigenvalue weighted by atomic mass is 16.2. The second-order valence-electron chi connectivity index (χ2n) is 1.64. The molecular formula is C6H8O3. The van der Waals surface area contributed by atoms with E-state index in [1.807, 2.05) is 0 Å². The Morgan fingerprint density at radius 2 is 2.00 bits per heavy atom. The zero-order valence-corrected chi connectivity index (χ0v) is 5.00. The maximum Gasteiger partial charge on any atom is 0.195 e. The van der Waals surface area contributed by atoms with Gasteiger partial charge >= 0.3 is 0 Å². The minimum atomic E-state index is -0.433. The number of Topliss-reactive ketones (excluding diaryl/α,β-unsaturated/α-hetero) is 1. The molecule has 9 heavy (non-hydrogen) atoms. The molecule has 0 aliphatic rings. The van der Waals surface area contributed by atoms with Crippen molar-refractivity contribution in [3.63, 3.8) is 0 Å². The molecule has 0 bridgehead atoms. The van der Waals surface area contributed by atoms with Crippen LogP contribution >= 0.6 is 0 Å². The van der Waals surface area contributed by atoms with Crippen molar-refractivity contribution in [2.24, 2.45) is 0 Å². The summed E-state index contributed by atoms with van der Waals surface area (Å²) in [6.45, 7) is 0. The summed E-state index contributed by atoms with van der Waals surface area (Å²) in [6.07, 6.45) is 2.06. The van der Waals surface area contributed by atoms with Gasteiger partial charge in [0, 0.05) is 12.8 Å². The first-order valence-electron chi connectivity index (χ1n) is 2.73. The molecule has 0 amide bonds. The molecule has 0 aliphatic carbocycles. The Morgan fingerprint density at radius 1 is 1.33 bits per heavy atom. The van der Waals surface area contributed by atoms with Crippen molar-refractivity contribution >= 4 is 18.4 Å². The maximum absolute atomic E-state index is 10.2. The smallest absolute Gasteiger partial charge is 0.195 e. The lowest BCUT2D eigenvalue weighted by Gasteiger charge is -1.85. The molecule has 50 valence electrons. The van der Waals surface area contributed by atoms with Crippen LogP contribution in [0.3, 0.4) is 0 Å². The van der Waals surface area contributed by atoms with Crippen LogP contribution in [0.2, 0.25) is 0 Å². The molecule has 3 heteroatoms. The normalized spacial score (nSPS) is 8.44. The van der Waals surface area contributed by atoms with Crippen LogP contribution in [-0.2, 0) is 14.4 Å². The molecule has 0 aromatic heterocycles. The number of carbonyl (C=O) groups excluding carboxylic acids is 3. The summed E-state index contributed by atoms with van der Waals surface area (Å²) in [5.41, 5.74) is 0. The van der Waals surface area contributed by atoms with Crippen molar-refractivity contribution in [2.45, 2.75) is 19.3 Å². The van der Waals surface area contributed by atoms with E-state index >= 15 is 0 Å². The van der Waals surface area contributed by atoms with Gasteiger partial charge in [0.1, 0.15) is 6.29 Å². The zero-order chi connectivity index (χ0) is 7.11. The Hall–Kier alpha value is -0.990. The highest BCUT2D eigenvalue weighted by Crippen LogP contribution is 1.90. The highest BCUT2D eigenvalue weighted by Gasteiger charge is 1.96. The summed E-state index contributed by atoms with van der Waals surface area (Å²) in [7, 11) is 0. The van der Waals surface area contributed by atoms with Crippen molar-refractivity contribution in [3.05, 3.63) is 0 Å². The molecule has 0 unspecified atom stereocenters. The number of hydrogen-bond acceptors (Lipinski definition) is 3. The van der Waals surface area contributed by atoms with Crippen molar-refractivity contribution in [1.29, 1.82) is 0 Å². The van der Waals surface area contributed by atoms with Crippen LogP contribution in [0.5, 0.6) is 0 Å². The first-order chi connectivity index (χ1) is 4.31. The van der Waals surface area contributed by atoms with Gasteiger partial charge in [0.05, 0.1) is 0 Å². The Morgan fingerprint density at radius 3 is 2.44 bits per heavy atom. The Labute approximate surface area is 53.0 Å². The third kappa shape index (κ3) is 4.87. The highest BCUT2D eigenvalue weighted by molar-refractivity contribution is 6.24. The maximum atomic E-state index is 10.2. The minimum Gasteiger partial charge on any atom is -0.303 e. The summed E-state index contributed by atoms with van der Waals surface area (Å²) in [5.74, 6) is -0.433. The summed E-state index contributed by atoms with van der Waals surface area (Å²) in [5, 5.41) is 0. The monoisotopic (exact) mass is 128 g/mol. The third-order valence-corrected chi connectivity index (χ3v) is 0.877. The molecule has 0 rings (SSSR count). The lowest BCUT2D eigenvalue weighted by molar-refractivity contribution is -0.130. The fourth-order valence-corrected chi connectivity index (χ4v) is 0.419. The van der Waals surface area contributed by atoms with Gasteiger partial charge in [-0.15, -0.1) is 0 Å². The summed E-state index contributed by atoms with van der Waals surface area (Å²) in [4.78, 5) is 29.5. The van der Waals surface area contributed by atoms with E-state index in [2.05, 4.69) is 0 Å². The fourth-order valence-electron chi connectivity index (χ4n) is 0.419. The average molecular weight is 128 g/mol. The molecule has 0 aromatic rings. The Bertz CT molecular complexity index is 117. The van der Waals surface area contributed by atoms with Crippen LogP contribution in [0.4, 0.5) is 0 Å². The van der Waals surface area contributed by atoms with Gasteiger partial charge in [-0.2, -0.15) is 0 Å². The number of unbranched alkanes of at least 4 members (excludes halogenated alkanes) is 1. The molecule has 0 heterocycles. The van der Waals surface area contributed by atoms with Crippen LogP contribution in [0.15, 0.2) is 0 Å².